The zero-order chi connectivity index (χ0) is 14.7. The summed E-state index contributed by atoms with van der Waals surface area (Å²) >= 11 is 0. The van der Waals surface area contributed by atoms with Crippen molar-refractivity contribution < 1.29 is 9.53 Å². The molecule has 21 heavy (non-hydrogen) atoms. The number of hydrogen-bond acceptors (Lipinski definition) is 3. The summed E-state index contributed by atoms with van der Waals surface area (Å²) in [5.41, 5.74) is 6.82. The molecule has 1 aliphatic carbocycles. The van der Waals surface area contributed by atoms with Gasteiger partial charge in [0.2, 0.25) is 5.91 Å². The molecular formula is C17H24N2O2. The van der Waals surface area contributed by atoms with E-state index in [-0.39, 0.29) is 5.91 Å². The van der Waals surface area contributed by atoms with Crippen molar-refractivity contribution in [2.45, 2.75) is 31.7 Å². The standard InChI is InChI=1S/C17H24N2O2/c18-12-17(6-8-21-9-7-17)16(20)19-15-11-14(15)10-13-4-2-1-3-5-13/h1-5,14-15H,6-12,18H2,(H,19,20). The van der Waals surface area contributed by atoms with Crippen molar-refractivity contribution in [1.82, 2.24) is 5.32 Å². The first kappa shape index (κ1) is 14.5. The predicted molar refractivity (Wildman–Crippen MR) is 81.7 cm³/mol. The number of ether oxygens (including phenoxy) is 1. The summed E-state index contributed by atoms with van der Waals surface area (Å²) in [4.78, 5) is 12.6. The Labute approximate surface area is 126 Å². The van der Waals surface area contributed by atoms with Crippen molar-refractivity contribution in [3.63, 3.8) is 0 Å². The fourth-order valence-corrected chi connectivity index (χ4v) is 3.17. The van der Waals surface area contributed by atoms with E-state index in [0.717, 1.165) is 25.7 Å². The van der Waals surface area contributed by atoms with E-state index in [1.807, 2.05) is 6.07 Å². The fraction of sp³-hybridized carbons (Fsp3) is 0.588. The highest BCUT2D eigenvalue weighted by Gasteiger charge is 2.44. The van der Waals surface area contributed by atoms with Crippen LogP contribution in [0.1, 0.15) is 24.8 Å². The molecule has 3 rings (SSSR count). The third kappa shape index (κ3) is 3.27. The van der Waals surface area contributed by atoms with Crippen molar-refractivity contribution in [1.29, 1.82) is 0 Å². The van der Waals surface area contributed by atoms with Crippen molar-refractivity contribution in [3.8, 4) is 0 Å². The topological polar surface area (TPSA) is 64.4 Å². The molecule has 1 aromatic carbocycles. The zero-order valence-electron chi connectivity index (χ0n) is 12.4. The summed E-state index contributed by atoms with van der Waals surface area (Å²) in [6.07, 6.45) is 3.61. The number of amides is 1. The quantitative estimate of drug-likeness (QED) is 0.863. The Morgan fingerprint density at radius 1 is 1.29 bits per heavy atom. The molecule has 4 nitrogen and oxygen atoms in total. The van der Waals surface area contributed by atoms with Crippen LogP contribution in [-0.4, -0.2) is 31.7 Å². The van der Waals surface area contributed by atoms with Gasteiger partial charge in [-0.15, -0.1) is 0 Å². The second-order valence-corrected chi connectivity index (χ2v) is 6.36. The molecule has 2 unspecified atom stereocenters. The van der Waals surface area contributed by atoms with Gasteiger partial charge in [0.1, 0.15) is 0 Å². The van der Waals surface area contributed by atoms with Gasteiger partial charge in [-0.3, -0.25) is 4.79 Å². The maximum atomic E-state index is 12.6. The third-order valence-corrected chi connectivity index (χ3v) is 4.90. The molecule has 2 aliphatic rings. The molecular weight excluding hydrogens is 264 g/mol. The molecule has 1 aliphatic heterocycles. The second kappa shape index (κ2) is 6.16. The number of carbonyl (C=O) groups excluding carboxylic acids is 1. The highest BCUT2D eigenvalue weighted by atomic mass is 16.5. The Bertz CT molecular complexity index is 483. The maximum Gasteiger partial charge on any atom is 0.227 e. The largest absolute Gasteiger partial charge is 0.381 e. The van der Waals surface area contributed by atoms with E-state index in [0.29, 0.717) is 31.7 Å². The van der Waals surface area contributed by atoms with Crippen LogP contribution < -0.4 is 11.1 Å². The van der Waals surface area contributed by atoms with Gasteiger partial charge in [-0.05, 0) is 37.2 Å². The minimum absolute atomic E-state index is 0.133. The summed E-state index contributed by atoms with van der Waals surface area (Å²) in [7, 11) is 0. The van der Waals surface area contributed by atoms with Crippen LogP contribution in [-0.2, 0) is 16.0 Å². The first-order valence-electron chi connectivity index (χ1n) is 7.86. The van der Waals surface area contributed by atoms with E-state index >= 15 is 0 Å². The number of nitrogens with two attached hydrogens (primary N) is 1. The molecule has 1 saturated carbocycles. The molecule has 2 atom stereocenters. The first-order valence-corrected chi connectivity index (χ1v) is 7.86. The van der Waals surface area contributed by atoms with Gasteiger partial charge in [-0.25, -0.2) is 0 Å². The van der Waals surface area contributed by atoms with Crippen molar-refractivity contribution in [3.05, 3.63) is 35.9 Å². The number of nitrogens with one attached hydrogen (secondary N) is 1. The average molecular weight is 288 g/mol. The van der Waals surface area contributed by atoms with E-state index in [4.69, 9.17) is 10.5 Å². The molecule has 0 aromatic heterocycles. The highest BCUT2D eigenvalue weighted by Crippen LogP contribution is 2.36. The summed E-state index contributed by atoms with van der Waals surface area (Å²) in [5.74, 6) is 0.708. The van der Waals surface area contributed by atoms with Gasteiger partial charge in [0.15, 0.2) is 0 Å². The monoisotopic (exact) mass is 288 g/mol. The molecule has 1 aromatic rings. The van der Waals surface area contributed by atoms with Crippen molar-refractivity contribution in [2.75, 3.05) is 19.8 Å². The fourth-order valence-electron chi connectivity index (χ4n) is 3.17. The maximum absolute atomic E-state index is 12.6. The van der Waals surface area contributed by atoms with Crippen LogP contribution in [0.15, 0.2) is 30.3 Å². The molecule has 1 amide bonds. The second-order valence-electron chi connectivity index (χ2n) is 6.36. The van der Waals surface area contributed by atoms with Gasteiger partial charge in [0.25, 0.3) is 0 Å². The minimum Gasteiger partial charge on any atom is -0.381 e. The number of carbonyl (C=O) groups is 1. The van der Waals surface area contributed by atoms with Crippen LogP contribution >= 0.6 is 0 Å². The Morgan fingerprint density at radius 2 is 2.00 bits per heavy atom. The average Bonchev–Trinajstić information content (AvgIpc) is 3.26. The zero-order valence-corrected chi connectivity index (χ0v) is 12.4. The lowest BCUT2D eigenvalue weighted by Gasteiger charge is -2.34. The molecule has 0 radical (unpaired) electrons. The predicted octanol–water partition coefficient (Wildman–Crippen LogP) is 1.49. The van der Waals surface area contributed by atoms with E-state index in [2.05, 4.69) is 29.6 Å². The third-order valence-electron chi connectivity index (χ3n) is 4.90. The molecule has 2 fully saturated rings. The molecule has 1 heterocycles. The lowest BCUT2D eigenvalue weighted by molar-refractivity contribution is -0.136. The van der Waals surface area contributed by atoms with Crippen LogP contribution in [0.2, 0.25) is 0 Å². The Hall–Kier alpha value is -1.39. The molecule has 0 spiro atoms. The molecule has 114 valence electrons. The summed E-state index contributed by atoms with van der Waals surface area (Å²) in [6.45, 7) is 1.70. The Kier molecular flexibility index (Phi) is 4.27. The first-order chi connectivity index (χ1) is 10.2. The molecule has 3 N–H and O–H groups in total. The minimum atomic E-state index is -0.405. The number of rotatable bonds is 5. The van der Waals surface area contributed by atoms with Gasteiger partial charge >= 0.3 is 0 Å². The van der Waals surface area contributed by atoms with Crippen LogP contribution in [0.25, 0.3) is 0 Å². The van der Waals surface area contributed by atoms with Gasteiger partial charge in [-0.2, -0.15) is 0 Å². The van der Waals surface area contributed by atoms with E-state index < -0.39 is 5.41 Å². The molecule has 1 saturated heterocycles. The van der Waals surface area contributed by atoms with Gasteiger partial charge in [-0.1, -0.05) is 30.3 Å². The number of hydrogen-bond donors (Lipinski definition) is 2. The normalized spacial score (nSPS) is 27.1. The summed E-state index contributed by atoms with van der Waals surface area (Å²) < 4.78 is 5.36. The van der Waals surface area contributed by atoms with E-state index in [1.165, 1.54) is 5.56 Å². The summed E-state index contributed by atoms with van der Waals surface area (Å²) in [5, 5.41) is 3.21. The van der Waals surface area contributed by atoms with Crippen LogP contribution in [0.5, 0.6) is 0 Å². The summed E-state index contributed by atoms with van der Waals surface area (Å²) in [6, 6.07) is 10.8. The van der Waals surface area contributed by atoms with Gasteiger partial charge in [0, 0.05) is 25.8 Å². The highest BCUT2D eigenvalue weighted by molar-refractivity contribution is 5.83. The molecule has 4 heteroatoms. The lowest BCUT2D eigenvalue weighted by Crippen LogP contribution is -2.50. The van der Waals surface area contributed by atoms with E-state index in [9.17, 15) is 4.79 Å². The Morgan fingerprint density at radius 3 is 2.67 bits per heavy atom. The van der Waals surface area contributed by atoms with E-state index in [1.54, 1.807) is 0 Å². The van der Waals surface area contributed by atoms with Crippen LogP contribution in [0, 0.1) is 11.3 Å². The van der Waals surface area contributed by atoms with Crippen LogP contribution in [0.3, 0.4) is 0 Å². The number of benzene rings is 1. The van der Waals surface area contributed by atoms with Crippen LogP contribution in [0.4, 0.5) is 0 Å². The van der Waals surface area contributed by atoms with Gasteiger partial charge < -0.3 is 15.8 Å². The smallest absolute Gasteiger partial charge is 0.227 e. The lowest BCUT2D eigenvalue weighted by atomic mass is 9.79. The SMILES string of the molecule is NCC1(C(=O)NC2CC2Cc2ccccc2)CCOCC1. The van der Waals surface area contributed by atoms with Gasteiger partial charge in [0.05, 0.1) is 5.41 Å². The van der Waals surface area contributed by atoms with Crippen molar-refractivity contribution in [2.24, 2.45) is 17.1 Å². The van der Waals surface area contributed by atoms with Crippen molar-refractivity contribution >= 4 is 5.91 Å². The molecule has 0 bridgehead atoms. The Balaban J connectivity index is 1.52.